The maximum atomic E-state index is 13.4. The van der Waals surface area contributed by atoms with E-state index in [2.05, 4.69) is 15.3 Å². The number of rotatable bonds is 6. The molecule has 0 radical (unpaired) electrons. The zero-order chi connectivity index (χ0) is 23.4. The van der Waals surface area contributed by atoms with Gasteiger partial charge < -0.3 is 10.1 Å². The molecule has 5 nitrogen and oxygen atoms in total. The molecule has 1 amide bonds. The summed E-state index contributed by atoms with van der Waals surface area (Å²) in [6.07, 6.45) is 2.89. The van der Waals surface area contributed by atoms with Gasteiger partial charge in [-0.05, 0) is 48.9 Å². The monoisotopic (exact) mass is 449 g/mol. The Morgan fingerprint density at radius 1 is 0.939 bits per heavy atom. The first-order valence-corrected chi connectivity index (χ1v) is 9.97. The molecule has 0 saturated carbocycles. The van der Waals surface area contributed by atoms with Crippen LogP contribution in [0.5, 0.6) is 11.5 Å². The molecular formula is C25H18F3N3O2. The van der Waals surface area contributed by atoms with Crippen molar-refractivity contribution in [3.8, 4) is 22.8 Å². The lowest BCUT2D eigenvalue weighted by Gasteiger charge is -2.13. The van der Waals surface area contributed by atoms with E-state index < -0.39 is 23.5 Å². The summed E-state index contributed by atoms with van der Waals surface area (Å²) in [5.74, 6) is -1.55. The van der Waals surface area contributed by atoms with E-state index in [0.29, 0.717) is 39.4 Å². The minimum atomic E-state index is -0.711. The summed E-state index contributed by atoms with van der Waals surface area (Å²) < 4.78 is 46.1. The number of hydrogen-bond acceptors (Lipinski definition) is 4. The molecule has 0 aliphatic heterocycles. The minimum Gasteiger partial charge on any atom is -0.457 e. The van der Waals surface area contributed by atoms with E-state index in [4.69, 9.17) is 4.74 Å². The number of nitrogens with zero attached hydrogens (tertiary/aromatic N) is 2. The van der Waals surface area contributed by atoms with Gasteiger partial charge in [0.2, 0.25) is 5.95 Å². The fourth-order valence-electron chi connectivity index (χ4n) is 3.28. The Bertz CT molecular complexity index is 1310. The lowest BCUT2D eigenvalue weighted by Crippen LogP contribution is -2.23. The van der Waals surface area contributed by atoms with Crippen LogP contribution in [0.25, 0.3) is 11.3 Å². The van der Waals surface area contributed by atoms with Gasteiger partial charge in [-0.3, -0.25) is 9.78 Å². The largest absolute Gasteiger partial charge is 0.457 e. The molecule has 0 unspecified atom stereocenters. The van der Waals surface area contributed by atoms with Crippen molar-refractivity contribution in [1.29, 1.82) is 0 Å². The zero-order valence-corrected chi connectivity index (χ0v) is 17.5. The van der Waals surface area contributed by atoms with Crippen LogP contribution in [-0.2, 0) is 6.54 Å². The number of hydrogen-bond donors (Lipinski definition) is 1. The van der Waals surface area contributed by atoms with Gasteiger partial charge in [-0.2, -0.15) is 4.39 Å². The highest BCUT2D eigenvalue weighted by molar-refractivity contribution is 5.96. The van der Waals surface area contributed by atoms with Crippen molar-refractivity contribution in [2.45, 2.75) is 13.5 Å². The molecule has 0 spiro atoms. The van der Waals surface area contributed by atoms with Crippen molar-refractivity contribution in [3.63, 3.8) is 0 Å². The number of carbonyl (C=O) groups excluding carboxylic acids is 1. The third kappa shape index (κ3) is 5.35. The number of pyridine rings is 2. The van der Waals surface area contributed by atoms with Crippen LogP contribution in [0.15, 0.2) is 73.1 Å². The van der Waals surface area contributed by atoms with Gasteiger partial charge >= 0.3 is 0 Å². The lowest BCUT2D eigenvalue weighted by atomic mass is 10.1. The number of halogens is 3. The van der Waals surface area contributed by atoms with E-state index in [1.165, 1.54) is 18.5 Å². The highest BCUT2D eigenvalue weighted by Crippen LogP contribution is 2.29. The molecular weight excluding hydrogens is 431 g/mol. The molecule has 0 aliphatic rings. The molecule has 1 N–H and O–H groups in total. The van der Waals surface area contributed by atoms with Gasteiger partial charge in [-0.1, -0.05) is 6.07 Å². The number of ether oxygens (including phenoxy) is 1. The van der Waals surface area contributed by atoms with Crippen LogP contribution < -0.4 is 10.1 Å². The van der Waals surface area contributed by atoms with Crippen LogP contribution in [0, 0.1) is 24.5 Å². The van der Waals surface area contributed by atoms with Gasteiger partial charge in [0, 0.05) is 53.8 Å². The van der Waals surface area contributed by atoms with Crippen LogP contribution in [0.3, 0.4) is 0 Å². The fraction of sp³-hybridized carbons (Fsp3) is 0.0800. The number of carbonyl (C=O) groups is 1. The second kappa shape index (κ2) is 9.52. The van der Waals surface area contributed by atoms with Crippen molar-refractivity contribution >= 4 is 5.91 Å². The average molecular weight is 449 g/mol. The Morgan fingerprint density at radius 3 is 2.45 bits per heavy atom. The molecule has 4 aromatic rings. The predicted octanol–water partition coefficient (Wildman–Crippen LogP) is 5.59. The summed E-state index contributed by atoms with van der Waals surface area (Å²) in [5, 5.41) is 2.66. The molecule has 0 bridgehead atoms. The predicted molar refractivity (Wildman–Crippen MR) is 116 cm³/mol. The van der Waals surface area contributed by atoms with Crippen LogP contribution in [-0.4, -0.2) is 15.9 Å². The van der Waals surface area contributed by atoms with Crippen molar-refractivity contribution in [2.24, 2.45) is 0 Å². The van der Waals surface area contributed by atoms with Gasteiger partial charge in [0.05, 0.1) is 5.69 Å². The number of amides is 1. The second-order valence-corrected chi connectivity index (χ2v) is 7.24. The Balaban J connectivity index is 1.51. The maximum absolute atomic E-state index is 13.4. The summed E-state index contributed by atoms with van der Waals surface area (Å²) in [6.45, 7) is 1.70. The third-order valence-electron chi connectivity index (χ3n) is 4.89. The molecule has 166 valence electrons. The molecule has 33 heavy (non-hydrogen) atoms. The van der Waals surface area contributed by atoms with Crippen molar-refractivity contribution in [1.82, 2.24) is 15.3 Å². The Kier molecular flexibility index (Phi) is 6.35. The molecule has 0 aliphatic carbocycles. The molecule has 0 fully saturated rings. The SMILES string of the molecule is Cc1c(Oc2ccnc(-c3ccnc(F)c3)c2)cccc1C(=O)NCc1cc(F)cc(F)c1. The Morgan fingerprint density at radius 2 is 1.70 bits per heavy atom. The summed E-state index contributed by atoms with van der Waals surface area (Å²) in [7, 11) is 0. The first-order chi connectivity index (χ1) is 15.9. The van der Waals surface area contributed by atoms with E-state index in [0.717, 1.165) is 18.2 Å². The Hall–Kier alpha value is -4.20. The van der Waals surface area contributed by atoms with Crippen LogP contribution in [0.4, 0.5) is 13.2 Å². The first kappa shape index (κ1) is 22.0. The summed E-state index contributed by atoms with van der Waals surface area (Å²) >= 11 is 0. The van der Waals surface area contributed by atoms with E-state index in [9.17, 15) is 18.0 Å². The smallest absolute Gasteiger partial charge is 0.251 e. The van der Waals surface area contributed by atoms with E-state index >= 15 is 0 Å². The quantitative estimate of drug-likeness (QED) is 0.390. The third-order valence-corrected chi connectivity index (χ3v) is 4.89. The Labute approximate surface area is 187 Å². The topological polar surface area (TPSA) is 64.1 Å². The summed E-state index contributed by atoms with van der Waals surface area (Å²) in [4.78, 5) is 20.4. The average Bonchev–Trinajstić information content (AvgIpc) is 2.78. The lowest BCUT2D eigenvalue weighted by molar-refractivity contribution is 0.0950. The maximum Gasteiger partial charge on any atom is 0.251 e. The summed E-state index contributed by atoms with van der Waals surface area (Å²) in [5.41, 5.74) is 2.29. The molecule has 2 heterocycles. The molecule has 2 aromatic heterocycles. The minimum absolute atomic E-state index is 0.0335. The molecule has 0 atom stereocenters. The molecule has 0 saturated heterocycles. The van der Waals surface area contributed by atoms with Crippen LogP contribution >= 0.6 is 0 Å². The van der Waals surface area contributed by atoms with Gasteiger partial charge in [0.1, 0.15) is 23.1 Å². The van der Waals surface area contributed by atoms with Gasteiger partial charge in [0.15, 0.2) is 0 Å². The highest BCUT2D eigenvalue weighted by Gasteiger charge is 2.14. The molecule has 8 heteroatoms. The van der Waals surface area contributed by atoms with Crippen molar-refractivity contribution in [2.75, 3.05) is 0 Å². The van der Waals surface area contributed by atoms with Crippen LogP contribution in [0.2, 0.25) is 0 Å². The molecule has 4 rings (SSSR count). The molecule has 2 aromatic carbocycles. The zero-order valence-electron chi connectivity index (χ0n) is 17.5. The second-order valence-electron chi connectivity index (χ2n) is 7.24. The number of nitrogens with one attached hydrogen (secondary N) is 1. The fourth-order valence-corrected chi connectivity index (χ4v) is 3.28. The van der Waals surface area contributed by atoms with Crippen molar-refractivity contribution in [3.05, 3.63) is 107 Å². The first-order valence-electron chi connectivity index (χ1n) is 9.97. The number of aromatic nitrogens is 2. The van der Waals surface area contributed by atoms with Crippen LogP contribution in [0.1, 0.15) is 21.5 Å². The highest BCUT2D eigenvalue weighted by atomic mass is 19.1. The van der Waals surface area contributed by atoms with Gasteiger partial charge in [-0.15, -0.1) is 0 Å². The standard InChI is InChI=1S/C25H18F3N3O2/c1-15-21(25(32)31-14-16-9-18(26)12-19(27)10-16)3-2-4-23(15)33-20-6-8-29-22(13-20)17-5-7-30-24(28)11-17/h2-13H,14H2,1H3,(H,31,32). The van der Waals surface area contributed by atoms with E-state index in [1.54, 1.807) is 43.3 Å². The van der Waals surface area contributed by atoms with Gasteiger partial charge in [-0.25, -0.2) is 13.8 Å². The van der Waals surface area contributed by atoms with E-state index in [1.807, 2.05) is 0 Å². The normalized spacial score (nSPS) is 10.7. The van der Waals surface area contributed by atoms with Crippen molar-refractivity contribution < 1.29 is 22.7 Å². The number of benzene rings is 2. The van der Waals surface area contributed by atoms with E-state index in [-0.39, 0.29) is 6.54 Å². The van der Waals surface area contributed by atoms with Gasteiger partial charge in [0.25, 0.3) is 5.91 Å². The summed E-state index contributed by atoms with van der Waals surface area (Å²) in [6, 6.07) is 14.3.